The largest absolute Gasteiger partial charge is 0.434 e. The number of Topliss-reactive ketones (excluding diaryl/α,β-unsaturated/α-hetero) is 1. The van der Waals surface area contributed by atoms with Gasteiger partial charge in [-0.2, -0.15) is 8.78 Å². The maximum Gasteiger partial charge on any atom is 0.387 e. The molecule has 1 aromatic carbocycles. The maximum atomic E-state index is 12.5. The lowest BCUT2D eigenvalue weighted by Gasteiger charge is -2.14. The molecule has 0 saturated heterocycles. The van der Waals surface area contributed by atoms with Gasteiger partial charge in [-0.05, 0) is 13.0 Å². The molecule has 0 aromatic heterocycles. The van der Waals surface area contributed by atoms with Gasteiger partial charge in [0, 0.05) is 11.1 Å². The molecule has 0 amide bonds. The van der Waals surface area contributed by atoms with Gasteiger partial charge in [0.05, 0.1) is 0 Å². The summed E-state index contributed by atoms with van der Waals surface area (Å²) < 4.78 is 53.4. The van der Waals surface area contributed by atoms with Crippen LogP contribution >= 0.6 is 15.9 Å². The SMILES string of the molecule is CC(=O)C(Br)c1ccc(C(F)F)cc1OC(F)F. The Bertz CT molecular complexity index is 437. The molecule has 1 unspecified atom stereocenters. The van der Waals surface area contributed by atoms with E-state index in [0.29, 0.717) is 0 Å². The predicted molar refractivity (Wildman–Crippen MR) is 60.4 cm³/mol. The van der Waals surface area contributed by atoms with Gasteiger partial charge in [0.25, 0.3) is 6.43 Å². The summed E-state index contributed by atoms with van der Waals surface area (Å²) in [5, 5.41) is 0. The molecule has 0 bridgehead atoms. The van der Waals surface area contributed by atoms with Crippen molar-refractivity contribution in [1.29, 1.82) is 0 Å². The first-order valence-electron chi connectivity index (χ1n) is 4.84. The number of alkyl halides is 5. The van der Waals surface area contributed by atoms with Crippen molar-refractivity contribution in [3.63, 3.8) is 0 Å². The van der Waals surface area contributed by atoms with Gasteiger partial charge in [0.15, 0.2) is 0 Å². The Labute approximate surface area is 109 Å². The minimum absolute atomic E-state index is 0.0900. The minimum Gasteiger partial charge on any atom is -0.434 e. The summed E-state index contributed by atoms with van der Waals surface area (Å²) in [7, 11) is 0. The zero-order valence-corrected chi connectivity index (χ0v) is 10.8. The van der Waals surface area contributed by atoms with E-state index >= 15 is 0 Å². The van der Waals surface area contributed by atoms with Crippen LogP contribution in [0.2, 0.25) is 0 Å². The Morgan fingerprint density at radius 2 is 1.89 bits per heavy atom. The van der Waals surface area contributed by atoms with Gasteiger partial charge in [0.1, 0.15) is 16.4 Å². The molecule has 0 heterocycles. The number of carbonyl (C=O) groups is 1. The first kappa shape index (κ1) is 14.9. The molecule has 0 aliphatic rings. The second-order valence-corrected chi connectivity index (χ2v) is 4.37. The van der Waals surface area contributed by atoms with Crippen LogP contribution in [-0.4, -0.2) is 12.4 Å². The molecule has 0 radical (unpaired) electrons. The summed E-state index contributed by atoms with van der Waals surface area (Å²) in [5.74, 6) is -0.779. The predicted octanol–water partition coefficient (Wildman–Crippen LogP) is 4.25. The van der Waals surface area contributed by atoms with E-state index in [9.17, 15) is 22.4 Å². The third-order valence-corrected chi connectivity index (χ3v) is 3.27. The van der Waals surface area contributed by atoms with Crippen molar-refractivity contribution in [3.05, 3.63) is 29.3 Å². The van der Waals surface area contributed by atoms with Crippen LogP contribution in [0.25, 0.3) is 0 Å². The summed E-state index contributed by atoms with van der Waals surface area (Å²) in [4.78, 5) is 10.3. The average Bonchev–Trinajstić information content (AvgIpc) is 2.26. The van der Waals surface area contributed by atoms with Crippen molar-refractivity contribution < 1.29 is 27.1 Å². The van der Waals surface area contributed by atoms with Crippen LogP contribution in [0.4, 0.5) is 17.6 Å². The number of halogens is 5. The molecule has 18 heavy (non-hydrogen) atoms. The number of hydrogen-bond donors (Lipinski definition) is 0. The number of rotatable bonds is 5. The monoisotopic (exact) mass is 328 g/mol. The number of carbonyl (C=O) groups excluding carboxylic acids is 1. The van der Waals surface area contributed by atoms with Crippen LogP contribution in [0, 0.1) is 0 Å². The molecular weight excluding hydrogens is 320 g/mol. The van der Waals surface area contributed by atoms with Gasteiger partial charge in [-0.25, -0.2) is 8.78 Å². The van der Waals surface area contributed by atoms with Crippen molar-refractivity contribution in [2.24, 2.45) is 0 Å². The Morgan fingerprint density at radius 1 is 1.28 bits per heavy atom. The zero-order valence-electron chi connectivity index (χ0n) is 9.17. The van der Waals surface area contributed by atoms with E-state index in [2.05, 4.69) is 20.7 Å². The Morgan fingerprint density at radius 3 is 2.33 bits per heavy atom. The summed E-state index contributed by atoms with van der Waals surface area (Å²) in [6.45, 7) is -1.91. The Hall–Kier alpha value is -1.11. The van der Waals surface area contributed by atoms with Crippen molar-refractivity contribution in [1.82, 2.24) is 0 Å². The first-order valence-corrected chi connectivity index (χ1v) is 5.75. The third-order valence-electron chi connectivity index (χ3n) is 2.14. The van der Waals surface area contributed by atoms with E-state index in [4.69, 9.17) is 0 Å². The fourth-order valence-electron chi connectivity index (χ4n) is 1.31. The molecular formula is C11H9BrF4O2. The first-order chi connectivity index (χ1) is 8.32. The van der Waals surface area contributed by atoms with Crippen molar-refractivity contribution in [2.75, 3.05) is 0 Å². The molecule has 7 heteroatoms. The smallest absolute Gasteiger partial charge is 0.387 e. The molecule has 0 spiro atoms. The van der Waals surface area contributed by atoms with Gasteiger partial charge in [0.2, 0.25) is 0 Å². The van der Waals surface area contributed by atoms with Gasteiger partial charge >= 0.3 is 6.61 Å². The summed E-state index contributed by atoms with van der Waals surface area (Å²) >= 11 is 2.99. The van der Waals surface area contributed by atoms with Crippen LogP contribution in [0.1, 0.15) is 29.3 Å². The molecule has 100 valence electrons. The van der Waals surface area contributed by atoms with Crippen LogP contribution < -0.4 is 4.74 Å². The van der Waals surface area contributed by atoms with E-state index < -0.39 is 29.2 Å². The highest BCUT2D eigenvalue weighted by Crippen LogP contribution is 2.35. The highest BCUT2D eigenvalue weighted by molar-refractivity contribution is 9.09. The van der Waals surface area contributed by atoms with Gasteiger partial charge in [-0.3, -0.25) is 4.79 Å². The second-order valence-electron chi connectivity index (χ2n) is 3.45. The molecule has 1 atom stereocenters. The van der Waals surface area contributed by atoms with E-state index in [1.807, 2.05) is 0 Å². The Balaban J connectivity index is 3.20. The molecule has 2 nitrogen and oxygen atoms in total. The summed E-state index contributed by atoms with van der Waals surface area (Å²) in [5.41, 5.74) is -0.357. The van der Waals surface area contributed by atoms with Gasteiger partial charge < -0.3 is 4.74 Å². The fourth-order valence-corrected chi connectivity index (χ4v) is 1.69. The number of ketones is 1. The van der Waals surface area contributed by atoms with E-state index in [1.54, 1.807) is 0 Å². The third kappa shape index (κ3) is 3.69. The second kappa shape index (κ2) is 6.17. The highest BCUT2D eigenvalue weighted by Gasteiger charge is 2.21. The number of ether oxygens (including phenoxy) is 1. The maximum absolute atomic E-state index is 12.5. The van der Waals surface area contributed by atoms with Crippen LogP contribution in [0.15, 0.2) is 18.2 Å². The average molecular weight is 329 g/mol. The standard InChI is InChI=1S/C11H9BrF4O2/c1-5(17)9(12)7-3-2-6(10(13)14)4-8(7)18-11(15)16/h2-4,9-11H,1H3. The van der Waals surface area contributed by atoms with E-state index in [0.717, 1.165) is 12.1 Å². The van der Waals surface area contributed by atoms with Crippen molar-refractivity contribution in [2.45, 2.75) is 24.8 Å². The minimum atomic E-state index is -3.15. The molecule has 0 saturated carbocycles. The topological polar surface area (TPSA) is 26.3 Å². The lowest BCUT2D eigenvalue weighted by atomic mass is 10.1. The number of benzene rings is 1. The molecule has 0 N–H and O–H groups in total. The Kier molecular flexibility index (Phi) is 5.13. The van der Waals surface area contributed by atoms with Crippen molar-refractivity contribution >= 4 is 21.7 Å². The lowest BCUT2D eigenvalue weighted by Crippen LogP contribution is -2.09. The van der Waals surface area contributed by atoms with E-state index in [1.165, 1.54) is 13.0 Å². The zero-order chi connectivity index (χ0) is 13.9. The molecule has 1 rings (SSSR count). The molecule has 1 aromatic rings. The van der Waals surface area contributed by atoms with Crippen LogP contribution in [0.3, 0.4) is 0 Å². The van der Waals surface area contributed by atoms with Gasteiger partial charge in [-0.15, -0.1) is 0 Å². The van der Waals surface area contributed by atoms with Crippen LogP contribution in [-0.2, 0) is 4.79 Å². The quantitative estimate of drug-likeness (QED) is 0.596. The molecule has 0 aliphatic heterocycles. The molecule has 0 aliphatic carbocycles. The normalized spacial score (nSPS) is 12.9. The summed E-state index contributed by atoms with van der Waals surface area (Å²) in [6, 6.07) is 3.04. The number of hydrogen-bond acceptors (Lipinski definition) is 2. The summed E-state index contributed by atoms with van der Waals surface area (Å²) in [6.07, 6.45) is -2.80. The fraction of sp³-hybridized carbons (Fsp3) is 0.364. The van der Waals surface area contributed by atoms with Gasteiger partial charge in [-0.1, -0.05) is 28.1 Å². The van der Waals surface area contributed by atoms with Crippen LogP contribution in [0.5, 0.6) is 5.75 Å². The van der Waals surface area contributed by atoms with E-state index in [-0.39, 0.29) is 11.3 Å². The lowest BCUT2D eigenvalue weighted by molar-refractivity contribution is -0.116. The molecule has 0 fully saturated rings. The van der Waals surface area contributed by atoms with Crippen molar-refractivity contribution in [3.8, 4) is 5.75 Å². The highest BCUT2D eigenvalue weighted by atomic mass is 79.9.